The van der Waals surface area contributed by atoms with Crippen molar-refractivity contribution in [2.45, 2.75) is 26.8 Å². The van der Waals surface area contributed by atoms with Gasteiger partial charge in [-0.15, -0.1) is 17.9 Å². The van der Waals surface area contributed by atoms with Crippen LogP contribution in [0.15, 0.2) is 12.7 Å². The van der Waals surface area contributed by atoms with E-state index in [1.807, 2.05) is 6.92 Å². The predicted molar refractivity (Wildman–Crippen MR) is 87.7 cm³/mol. The summed E-state index contributed by atoms with van der Waals surface area (Å²) in [7, 11) is 0. The number of carbonyl (C=O) groups is 2. The molecule has 2 amide bonds. The lowest BCUT2D eigenvalue weighted by atomic mass is 10.1. The van der Waals surface area contributed by atoms with Gasteiger partial charge in [-0.05, 0) is 12.8 Å². The quantitative estimate of drug-likeness (QED) is 0.575. The van der Waals surface area contributed by atoms with Crippen molar-refractivity contribution in [3.8, 4) is 0 Å². The van der Waals surface area contributed by atoms with E-state index in [0.29, 0.717) is 17.5 Å². The smallest absolute Gasteiger partial charge is 0.263 e. The third-order valence-electron chi connectivity index (χ3n) is 3.16. The highest BCUT2D eigenvalue weighted by Gasteiger charge is 2.25. The van der Waals surface area contributed by atoms with Crippen molar-refractivity contribution < 1.29 is 9.59 Å². The fourth-order valence-electron chi connectivity index (χ4n) is 1.58. The third kappa shape index (κ3) is 3.98. The molecular formula is C14H22N4O2S. The highest BCUT2D eigenvalue weighted by molar-refractivity contribution is 7.19. The lowest BCUT2D eigenvalue weighted by Gasteiger charge is -2.18. The second-order valence-electron chi connectivity index (χ2n) is 5.09. The fourth-order valence-corrected chi connectivity index (χ4v) is 2.72. The van der Waals surface area contributed by atoms with E-state index in [4.69, 9.17) is 11.5 Å². The van der Waals surface area contributed by atoms with Gasteiger partial charge >= 0.3 is 0 Å². The first kappa shape index (κ1) is 17.0. The minimum Gasteiger partial charge on any atom is -0.397 e. The van der Waals surface area contributed by atoms with Gasteiger partial charge in [0.25, 0.3) is 11.8 Å². The second-order valence-corrected chi connectivity index (χ2v) is 6.11. The molecule has 0 aliphatic heterocycles. The average Bonchev–Trinajstić information content (AvgIpc) is 2.72. The topological polar surface area (TPSA) is 110 Å². The minimum absolute atomic E-state index is 0.116. The molecule has 0 aliphatic rings. The van der Waals surface area contributed by atoms with Crippen molar-refractivity contribution in [1.82, 2.24) is 5.32 Å². The number of primary amides is 1. The Morgan fingerprint density at radius 3 is 2.48 bits per heavy atom. The summed E-state index contributed by atoms with van der Waals surface area (Å²) in [6.45, 7) is 9.95. The molecule has 6 nitrogen and oxygen atoms in total. The van der Waals surface area contributed by atoms with Crippen LogP contribution in [0.4, 0.5) is 10.7 Å². The molecule has 0 radical (unpaired) electrons. The Balaban J connectivity index is 3.16. The summed E-state index contributed by atoms with van der Waals surface area (Å²) in [5, 5.41) is 6.37. The Morgan fingerprint density at radius 2 is 2.00 bits per heavy atom. The molecule has 116 valence electrons. The summed E-state index contributed by atoms with van der Waals surface area (Å²) in [4.78, 5) is 23.9. The van der Waals surface area contributed by atoms with E-state index in [1.54, 1.807) is 6.08 Å². The Kier molecular flexibility index (Phi) is 5.78. The molecule has 1 aromatic rings. The molecule has 0 saturated carbocycles. The van der Waals surface area contributed by atoms with Gasteiger partial charge in [-0.25, -0.2) is 0 Å². The first-order valence-corrected chi connectivity index (χ1v) is 7.48. The van der Waals surface area contributed by atoms with Gasteiger partial charge in [-0.3, -0.25) is 9.59 Å². The van der Waals surface area contributed by atoms with Gasteiger partial charge in [0, 0.05) is 12.6 Å². The molecule has 1 heterocycles. The van der Waals surface area contributed by atoms with E-state index in [9.17, 15) is 9.59 Å². The van der Waals surface area contributed by atoms with Crippen LogP contribution in [0.25, 0.3) is 0 Å². The van der Waals surface area contributed by atoms with Crippen LogP contribution < -0.4 is 22.1 Å². The molecule has 1 unspecified atom stereocenters. The molecule has 1 aromatic heterocycles. The van der Waals surface area contributed by atoms with Crippen molar-refractivity contribution in [1.29, 1.82) is 0 Å². The van der Waals surface area contributed by atoms with Gasteiger partial charge in [0.15, 0.2) is 0 Å². The first-order chi connectivity index (χ1) is 9.79. The lowest BCUT2D eigenvalue weighted by molar-refractivity contribution is 0.0962. The van der Waals surface area contributed by atoms with E-state index < -0.39 is 5.91 Å². The standard InChI is InChI=1S/C14H22N4O2S/c1-5-6-17-13(20)11-10(15)9(12(16)19)14(21-11)18-8(4)7(2)3/h5,7-8,18H,1,6,15H2,2-4H3,(H2,16,19)(H,17,20). The zero-order valence-electron chi connectivity index (χ0n) is 12.5. The van der Waals surface area contributed by atoms with Crippen molar-refractivity contribution in [3.05, 3.63) is 23.1 Å². The van der Waals surface area contributed by atoms with Crippen LogP contribution in [-0.2, 0) is 0 Å². The predicted octanol–water partition coefficient (Wildman–Crippen LogP) is 1.80. The molecule has 0 spiro atoms. The Labute approximate surface area is 128 Å². The Morgan fingerprint density at radius 1 is 1.38 bits per heavy atom. The second kappa shape index (κ2) is 7.12. The molecule has 7 heteroatoms. The monoisotopic (exact) mass is 310 g/mol. The average molecular weight is 310 g/mol. The molecule has 0 aliphatic carbocycles. The van der Waals surface area contributed by atoms with Crippen LogP contribution in [0.2, 0.25) is 0 Å². The number of nitrogens with one attached hydrogen (secondary N) is 2. The Bertz CT molecular complexity index is 551. The Hall–Kier alpha value is -2.02. The van der Waals surface area contributed by atoms with E-state index in [-0.39, 0.29) is 28.1 Å². The number of rotatable bonds is 7. The van der Waals surface area contributed by atoms with Crippen LogP contribution in [-0.4, -0.2) is 24.4 Å². The van der Waals surface area contributed by atoms with Gasteiger partial charge in [-0.1, -0.05) is 19.9 Å². The molecular weight excluding hydrogens is 288 g/mol. The maximum Gasteiger partial charge on any atom is 0.263 e. The van der Waals surface area contributed by atoms with Crippen LogP contribution in [0.1, 0.15) is 40.8 Å². The molecule has 0 fully saturated rings. The van der Waals surface area contributed by atoms with E-state index >= 15 is 0 Å². The SMILES string of the molecule is C=CCNC(=O)c1sc(NC(C)C(C)C)c(C(N)=O)c1N. The summed E-state index contributed by atoms with van der Waals surface area (Å²) >= 11 is 1.14. The third-order valence-corrected chi connectivity index (χ3v) is 4.30. The molecule has 1 rings (SSSR count). The molecule has 0 aromatic carbocycles. The van der Waals surface area contributed by atoms with Crippen molar-refractivity contribution >= 4 is 33.8 Å². The highest BCUT2D eigenvalue weighted by Crippen LogP contribution is 2.36. The van der Waals surface area contributed by atoms with Gasteiger partial charge in [0.05, 0.1) is 11.3 Å². The molecule has 6 N–H and O–H groups in total. The first-order valence-electron chi connectivity index (χ1n) is 6.67. The number of nitrogen functional groups attached to an aromatic ring is 1. The van der Waals surface area contributed by atoms with Crippen molar-refractivity contribution in [2.24, 2.45) is 11.7 Å². The lowest BCUT2D eigenvalue weighted by Crippen LogP contribution is -2.24. The summed E-state index contributed by atoms with van der Waals surface area (Å²) in [6, 6.07) is 0.116. The number of thiophene rings is 1. The van der Waals surface area contributed by atoms with Crippen LogP contribution in [0.3, 0.4) is 0 Å². The summed E-state index contributed by atoms with van der Waals surface area (Å²) in [5.41, 5.74) is 11.6. The number of hydrogen-bond donors (Lipinski definition) is 4. The summed E-state index contributed by atoms with van der Waals surface area (Å²) in [5.74, 6) is -0.637. The van der Waals surface area contributed by atoms with Gasteiger partial charge in [0.1, 0.15) is 9.88 Å². The number of anilines is 2. The summed E-state index contributed by atoms with van der Waals surface area (Å²) < 4.78 is 0. The van der Waals surface area contributed by atoms with Gasteiger partial charge < -0.3 is 22.1 Å². The molecule has 0 saturated heterocycles. The molecule has 0 bridgehead atoms. The zero-order chi connectivity index (χ0) is 16.2. The number of amides is 2. The maximum atomic E-state index is 12.0. The molecule has 21 heavy (non-hydrogen) atoms. The van der Waals surface area contributed by atoms with E-state index in [2.05, 4.69) is 31.1 Å². The maximum absolute atomic E-state index is 12.0. The van der Waals surface area contributed by atoms with Crippen molar-refractivity contribution in [2.75, 3.05) is 17.6 Å². The normalized spacial score (nSPS) is 12.0. The number of nitrogens with two attached hydrogens (primary N) is 2. The minimum atomic E-state index is -0.648. The van der Waals surface area contributed by atoms with Crippen LogP contribution in [0.5, 0.6) is 0 Å². The summed E-state index contributed by atoms with van der Waals surface area (Å²) in [6.07, 6.45) is 1.57. The van der Waals surface area contributed by atoms with E-state index in [1.165, 1.54) is 0 Å². The van der Waals surface area contributed by atoms with E-state index in [0.717, 1.165) is 11.3 Å². The number of hydrogen-bond acceptors (Lipinski definition) is 5. The zero-order valence-corrected chi connectivity index (χ0v) is 13.3. The van der Waals surface area contributed by atoms with Crippen LogP contribution >= 0.6 is 11.3 Å². The molecule has 1 atom stereocenters. The van der Waals surface area contributed by atoms with Gasteiger partial charge in [-0.2, -0.15) is 0 Å². The number of carbonyl (C=O) groups excluding carboxylic acids is 2. The fraction of sp³-hybridized carbons (Fsp3) is 0.429. The van der Waals surface area contributed by atoms with Crippen LogP contribution in [0, 0.1) is 5.92 Å². The largest absolute Gasteiger partial charge is 0.397 e. The van der Waals surface area contributed by atoms with Gasteiger partial charge in [0.2, 0.25) is 0 Å². The van der Waals surface area contributed by atoms with Crippen molar-refractivity contribution in [3.63, 3.8) is 0 Å². The highest BCUT2D eigenvalue weighted by atomic mass is 32.1.